The van der Waals surface area contributed by atoms with Crippen molar-refractivity contribution in [2.24, 2.45) is 11.7 Å². The molecule has 0 aromatic heterocycles. The predicted molar refractivity (Wildman–Crippen MR) is 84.4 cm³/mol. The van der Waals surface area contributed by atoms with Gasteiger partial charge in [0, 0.05) is 0 Å². The zero-order valence-electron chi connectivity index (χ0n) is 12.8. The summed E-state index contributed by atoms with van der Waals surface area (Å²) in [6, 6.07) is 9.29. The van der Waals surface area contributed by atoms with Gasteiger partial charge >= 0.3 is 5.97 Å². The second kappa shape index (κ2) is 8.18. The Labute approximate surface area is 127 Å². The van der Waals surface area contributed by atoms with E-state index in [2.05, 4.69) is 6.42 Å². The number of benzene rings is 1. The third kappa shape index (κ3) is 4.85. The molecular formula is C18H26NO2. The van der Waals surface area contributed by atoms with Gasteiger partial charge in [-0.15, -0.1) is 0 Å². The Balaban J connectivity index is 1.89. The van der Waals surface area contributed by atoms with Crippen LogP contribution in [0.25, 0.3) is 0 Å². The van der Waals surface area contributed by atoms with Crippen molar-refractivity contribution in [1.82, 2.24) is 0 Å². The standard InChI is InChI=1S/C18H26NO2/c1-14(15-10-8-5-9-11-15)21-18(20)17(19)16-12-6-3-2-4-7-13-16/h3,5,8-11,14,16-17H,2,4,6-7,12-13,19H2,1H3. The first kappa shape index (κ1) is 16.0. The van der Waals surface area contributed by atoms with Crippen LogP contribution in [0.1, 0.15) is 57.1 Å². The van der Waals surface area contributed by atoms with Crippen LogP contribution in [0.4, 0.5) is 0 Å². The number of carbonyl (C=O) groups excluding carboxylic acids is 1. The van der Waals surface area contributed by atoms with Crippen LogP contribution in [-0.4, -0.2) is 12.0 Å². The van der Waals surface area contributed by atoms with E-state index in [0.717, 1.165) is 31.2 Å². The Morgan fingerprint density at radius 2 is 1.95 bits per heavy atom. The van der Waals surface area contributed by atoms with Gasteiger partial charge in [-0.25, -0.2) is 0 Å². The minimum absolute atomic E-state index is 0.245. The molecule has 2 rings (SSSR count). The molecule has 3 unspecified atom stereocenters. The van der Waals surface area contributed by atoms with E-state index in [4.69, 9.17) is 10.5 Å². The fourth-order valence-electron chi connectivity index (χ4n) is 2.91. The van der Waals surface area contributed by atoms with Gasteiger partial charge in [0.15, 0.2) is 0 Å². The molecule has 3 heteroatoms. The van der Waals surface area contributed by atoms with Crippen molar-refractivity contribution in [3.8, 4) is 0 Å². The lowest BCUT2D eigenvalue weighted by atomic mass is 9.86. The Kier molecular flexibility index (Phi) is 6.24. The lowest BCUT2D eigenvalue weighted by molar-refractivity contribution is -0.151. The van der Waals surface area contributed by atoms with E-state index < -0.39 is 6.04 Å². The monoisotopic (exact) mass is 288 g/mol. The fraction of sp³-hybridized carbons (Fsp3) is 0.556. The van der Waals surface area contributed by atoms with E-state index in [9.17, 15) is 4.79 Å². The largest absolute Gasteiger partial charge is 0.457 e. The Morgan fingerprint density at radius 3 is 2.71 bits per heavy atom. The van der Waals surface area contributed by atoms with Gasteiger partial charge in [0.25, 0.3) is 0 Å². The van der Waals surface area contributed by atoms with Crippen molar-refractivity contribution in [3.63, 3.8) is 0 Å². The molecule has 3 nitrogen and oxygen atoms in total. The van der Waals surface area contributed by atoms with Crippen LogP contribution in [0.3, 0.4) is 0 Å². The second-order valence-electron chi connectivity index (χ2n) is 5.93. The summed E-state index contributed by atoms with van der Waals surface area (Å²) in [5.41, 5.74) is 7.15. The summed E-state index contributed by atoms with van der Waals surface area (Å²) >= 11 is 0. The quantitative estimate of drug-likeness (QED) is 0.858. The van der Waals surface area contributed by atoms with Crippen molar-refractivity contribution in [1.29, 1.82) is 0 Å². The molecule has 1 aromatic carbocycles. The summed E-state index contributed by atoms with van der Waals surface area (Å²) in [4.78, 5) is 12.3. The van der Waals surface area contributed by atoms with Crippen LogP contribution in [0.2, 0.25) is 0 Å². The zero-order valence-corrected chi connectivity index (χ0v) is 12.8. The summed E-state index contributed by atoms with van der Waals surface area (Å²) in [5, 5.41) is 0. The lowest BCUT2D eigenvalue weighted by Crippen LogP contribution is -2.40. The molecule has 0 saturated heterocycles. The molecule has 1 aliphatic carbocycles. The molecule has 0 aliphatic heterocycles. The van der Waals surface area contributed by atoms with Crippen LogP contribution in [-0.2, 0) is 9.53 Å². The van der Waals surface area contributed by atoms with E-state index in [-0.39, 0.29) is 18.0 Å². The SMILES string of the molecule is CC(OC(=O)C(N)C1CC[CH]CCCC1)c1ccccc1. The molecule has 1 radical (unpaired) electrons. The van der Waals surface area contributed by atoms with Gasteiger partial charge < -0.3 is 10.5 Å². The summed E-state index contributed by atoms with van der Waals surface area (Å²) < 4.78 is 5.55. The van der Waals surface area contributed by atoms with Crippen molar-refractivity contribution < 1.29 is 9.53 Å². The van der Waals surface area contributed by atoms with E-state index >= 15 is 0 Å². The van der Waals surface area contributed by atoms with E-state index in [0.29, 0.717) is 0 Å². The van der Waals surface area contributed by atoms with Gasteiger partial charge in [-0.3, -0.25) is 4.79 Å². The molecule has 0 spiro atoms. The molecule has 1 aromatic rings. The van der Waals surface area contributed by atoms with Crippen LogP contribution in [0, 0.1) is 12.3 Å². The van der Waals surface area contributed by atoms with E-state index in [1.807, 2.05) is 37.3 Å². The first-order valence-electron chi connectivity index (χ1n) is 8.01. The third-order valence-corrected chi connectivity index (χ3v) is 4.32. The summed E-state index contributed by atoms with van der Waals surface area (Å²) in [6.07, 6.45) is 8.70. The minimum Gasteiger partial charge on any atom is -0.457 e. The zero-order chi connectivity index (χ0) is 15.1. The number of hydrogen-bond donors (Lipinski definition) is 1. The van der Waals surface area contributed by atoms with Crippen LogP contribution in [0.5, 0.6) is 0 Å². The Bertz CT molecular complexity index is 424. The number of esters is 1. The first-order valence-corrected chi connectivity index (χ1v) is 8.01. The van der Waals surface area contributed by atoms with Gasteiger partial charge in [0.05, 0.1) is 0 Å². The van der Waals surface area contributed by atoms with Gasteiger partial charge in [-0.1, -0.05) is 49.6 Å². The molecule has 1 aliphatic rings. The average molecular weight is 288 g/mol. The lowest BCUT2D eigenvalue weighted by Gasteiger charge is -2.25. The molecule has 1 fully saturated rings. The van der Waals surface area contributed by atoms with Crippen LogP contribution >= 0.6 is 0 Å². The average Bonchev–Trinajstić information content (AvgIpc) is 2.47. The molecule has 0 bridgehead atoms. The topological polar surface area (TPSA) is 52.3 Å². The third-order valence-electron chi connectivity index (χ3n) is 4.32. The minimum atomic E-state index is -0.498. The van der Waals surface area contributed by atoms with Crippen molar-refractivity contribution in [3.05, 3.63) is 42.3 Å². The molecular weight excluding hydrogens is 262 g/mol. The maximum absolute atomic E-state index is 12.3. The van der Waals surface area contributed by atoms with Crippen LogP contribution in [0.15, 0.2) is 30.3 Å². The van der Waals surface area contributed by atoms with Crippen LogP contribution < -0.4 is 5.73 Å². The smallest absolute Gasteiger partial charge is 0.323 e. The molecule has 2 N–H and O–H groups in total. The van der Waals surface area contributed by atoms with E-state index in [1.54, 1.807) is 0 Å². The van der Waals surface area contributed by atoms with Gasteiger partial charge in [-0.2, -0.15) is 0 Å². The molecule has 115 valence electrons. The maximum Gasteiger partial charge on any atom is 0.323 e. The molecule has 3 atom stereocenters. The summed E-state index contributed by atoms with van der Waals surface area (Å²) in [7, 11) is 0. The highest BCUT2D eigenvalue weighted by Gasteiger charge is 2.27. The van der Waals surface area contributed by atoms with Crippen molar-refractivity contribution in [2.75, 3.05) is 0 Å². The van der Waals surface area contributed by atoms with Gasteiger partial charge in [-0.05, 0) is 44.1 Å². The maximum atomic E-state index is 12.3. The predicted octanol–water partition coefficient (Wildman–Crippen LogP) is 3.79. The Morgan fingerprint density at radius 1 is 1.19 bits per heavy atom. The highest BCUT2D eigenvalue weighted by molar-refractivity contribution is 5.76. The van der Waals surface area contributed by atoms with Crippen molar-refractivity contribution in [2.45, 2.75) is 57.6 Å². The normalized spacial score (nSPS) is 20.1. The highest BCUT2D eigenvalue weighted by atomic mass is 16.5. The molecule has 0 amide bonds. The van der Waals surface area contributed by atoms with Crippen molar-refractivity contribution >= 4 is 5.97 Å². The molecule has 1 saturated carbocycles. The number of nitrogens with two attached hydrogens (primary N) is 1. The Hall–Kier alpha value is -1.35. The molecule has 21 heavy (non-hydrogen) atoms. The number of ether oxygens (including phenoxy) is 1. The van der Waals surface area contributed by atoms with E-state index in [1.165, 1.54) is 12.8 Å². The molecule has 0 heterocycles. The number of rotatable bonds is 4. The van der Waals surface area contributed by atoms with Gasteiger partial charge in [0.1, 0.15) is 12.1 Å². The fourth-order valence-corrected chi connectivity index (χ4v) is 2.91. The second-order valence-corrected chi connectivity index (χ2v) is 5.93. The summed E-state index contributed by atoms with van der Waals surface area (Å²) in [5.74, 6) is -0.0195. The highest BCUT2D eigenvalue weighted by Crippen LogP contribution is 2.25. The summed E-state index contributed by atoms with van der Waals surface area (Å²) in [6.45, 7) is 1.89. The van der Waals surface area contributed by atoms with Gasteiger partial charge in [0.2, 0.25) is 0 Å². The number of hydrogen-bond acceptors (Lipinski definition) is 3. The first-order chi connectivity index (χ1) is 10.2. The number of carbonyl (C=O) groups is 1.